The minimum absolute atomic E-state index is 0.00683. The van der Waals surface area contributed by atoms with Gasteiger partial charge in [0, 0.05) is 53.9 Å². The summed E-state index contributed by atoms with van der Waals surface area (Å²) in [6.07, 6.45) is 25.2. The molecular formula is C64H77N3O7. The number of aliphatic hydroxyl groups excluding tert-OH is 2. The molecule has 0 amide bonds. The number of rotatable bonds is 10. The van der Waals surface area contributed by atoms with E-state index in [1.54, 1.807) is 7.11 Å². The number of nitrogens with two attached hydrogens (primary N) is 1. The Kier molecular flexibility index (Phi) is 14.5. The summed E-state index contributed by atoms with van der Waals surface area (Å²) in [7, 11) is 1.78. The van der Waals surface area contributed by atoms with Crippen molar-refractivity contribution in [3.8, 4) is 29.1 Å². The zero-order valence-corrected chi connectivity index (χ0v) is 43.6. The Morgan fingerprint density at radius 2 is 1.80 bits per heavy atom. The zero-order chi connectivity index (χ0) is 51.1. The number of carbonyl (C=O) groups is 1. The number of aryl methyl sites for hydroxylation is 1. The normalized spacial score (nSPS) is 30.1. The number of fused-ring (bicyclic) bond motifs is 12. The van der Waals surface area contributed by atoms with Crippen LogP contribution in [0.3, 0.4) is 0 Å². The van der Waals surface area contributed by atoms with Gasteiger partial charge in [-0.2, -0.15) is 0 Å². The topological polar surface area (TPSA) is 167 Å². The molecule has 8 aliphatic rings. The molecule has 74 heavy (non-hydrogen) atoms. The molecule has 1 aliphatic heterocycles. The van der Waals surface area contributed by atoms with Gasteiger partial charge in [-0.15, -0.1) is 0 Å². The van der Waals surface area contributed by atoms with E-state index in [1.165, 1.54) is 23.1 Å². The number of aliphatic hydroxyl groups is 2. The Balaban J connectivity index is 1.09. The van der Waals surface area contributed by atoms with Gasteiger partial charge in [-0.25, -0.2) is 4.99 Å². The number of carbonyl (C=O) groups excluding carboxylic acids is 1. The molecule has 10 nitrogen and oxygen atoms in total. The van der Waals surface area contributed by atoms with Gasteiger partial charge in [0.15, 0.2) is 23.2 Å². The van der Waals surface area contributed by atoms with Crippen molar-refractivity contribution in [2.75, 3.05) is 26.9 Å². The number of phenolic OH excluding ortho intramolecular Hbond substituents is 2. The number of aromatic hydroxyl groups is 2. The maximum atomic E-state index is 14.7. The van der Waals surface area contributed by atoms with Crippen molar-refractivity contribution in [1.29, 1.82) is 0 Å². The van der Waals surface area contributed by atoms with E-state index in [0.29, 0.717) is 61.1 Å². The fraction of sp³-hybridized carbons (Fsp3) is 0.531. The van der Waals surface area contributed by atoms with Crippen molar-refractivity contribution in [1.82, 2.24) is 5.32 Å². The zero-order valence-electron chi connectivity index (χ0n) is 43.6. The molecule has 10 heteroatoms. The van der Waals surface area contributed by atoms with Crippen molar-refractivity contribution in [3.63, 3.8) is 0 Å². The SMILES string of the molecule is COC[C@H]1[C@@H]2c3c(O)c(OC4CCCC4)cc(CCC(=O)C4=C(CO)[C@@H]5CCC=C[C@]5(CO)C=C4)c3C#CC[C@H]3C[C@H]1C=C1[C@@H](C[C@H](C)C[C@@H]12)c1cc(O)cc(c1)Cc1cccc(c1)C1(CCCCC1)NC(N)=N3. The summed E-state index contributed by atoms with van der Waals surface area (Å²) in [5.74, 6) is 8.30. The minimum atomic E-state index is -0.630. The van der Waals surface area contributed by atoms with Gasteiger partial charge in [0.25, 0.3) is 0 Å². The molecule has 3 aromatic carbocycles. The Hall–Kier alpha value is -5.60. The first kappa shape index (κ1) is 50.6. The van der Waals surface area contributed by atoms with Crippen molar-refractivity contribution in [3.05, 3.63) is 135 Å². The first-order valence-corrected chi connectivity index (χ1v) is 28.1. The fourth-order valence-electron chi connectivity index (χ4n) is 15.4. The van der Waals surface area contributed by atoms with Crippen LogP contribution >= 0.6 is 0 Å². The van der Waals surface area contributed by atoms with Gasteiger partial charge in [0.2, 0.25) is 0 Å². The number of hydrogen-bond acceptors (Lipinski definition) is 10. The van der Waals surface area contributed by atoms with Crippen LogP contribution in [0.4, 0.5) is 0 Å². The van der Waals surface area contributed by atoms with Crippen molar-refractivity contribution in [2.45, 2.75) is 152 Å². The Morgan fingerprint density at radius 3 is 2.59 bits per heavy atom. The molecule has 0 unspecified atom stereocenters. The summed E-state index contributed by atoms with van der Waals surface area (Å²) in [4.78, 5) is 20.1. The largest absolute Gasteiger partial charge is 0.508 e. The highest BCUT2D eigenvalue weighted by Crippen LogP contribution is 2.60. The standard InChI is InChI=1S/C64H77N3O7/c1-39-26-51-43-29-41(31-47(70)33-43)28-40-12-10-13-45(30-40)64(23-7-3-8-24-64)67-62(65)66-46-14-11-17-49-42(19-20-57(71)50-21-25-63(38-69)22-9-6-18-56(63)54(50)36-68)35-58(74-48-15-4-5-16-48)61(72)60(49)59-53(27-39)52(51)34-44(32-46)55(59)37-73-2/h9-10,12-13,21-22,25,29-31,33-35,39,44,46,48,51,53,55-56,59,68-70,72H,3-8,14-16,18-20,23-24,26-28,32,36-38H2,1-2H3,(H3,65,66,67)/t39-,44-,46-,51-,53-,55+,56-,59+,63+/m0/s1. The lowest BCUT2D eigenvalue weighted by molar-refractivity contribution is -0.115. The lowest BCUT2D eigenvalue weighted by atomic mass is 9.55. The molecule has 1 heterocycles. The predicted octanol–water partition coefficient (Wildman–Crippen LogP) is 10.6. The second kappa shape index (κ2) is 21.2. The van der Waals surface area contributed by atoms with E-state index in [4.69, 9.17) is 20.2 Å². The number of ether oxygens (including phenoxy) is 2. The van der Waals surface area contributed by atoms with Crippen LogP contribution in [0.25, 0.3) is 0 Å². The van der Waals surface area contributed by atoms with Crippen LogP contribution in [0, 0.1) is 46.8 Å². The third kappa shape index (κ3) is 9.67. The average Bonchev–Trinajstić information content (AvgIpc) is 3.94. The molecule has 7 aliphatic carbocycles. The number of nitrogens with zero attached hydrogens (tertiary/aromatic N) is 1. The van der Waals surface area contributed by atoms with Gasteiger partial charge in [-0.3, -0.25) is 4.79 Å². The molecule has 0 aromatic heterocycles. The molecule has 0 radical (unpaired) electrons. The maximum Gasteiger partial charge on any atom is 0.189 e. The molecular weight excluding hydrogens is 923 g/mol. The van der Waals surface area contributed by atoms with E-state index < -0.39 is 5.41 Å². The Labute approximate surface area is 438 Å². The highest BCUT2D eigenvalue weighted by Gasteiger charge is 2.49. The average molecular weight is 1000 g/mol. The van der Waals surface area contributed by atoms with Gasteiger partial charge < -0.3 is 41.0 Å². The third-order valence-electron chi connectivity index (χ3n) is 18.8. The molecule has 3 saturated carbocycles. The van der Waals surface area contributed by atoms with E-state index >= 15 is 0 Å². The summed E-state index contributed by atoms with van der Waals surface area (Å²) in [5.41, 5.74) is 15.6. The van der Waals surface area contributed by atoms with Crippen LogP contribution in [0.2, 0.25) is 0 Å². The lowest BCUT2D eigenvalue weighted by Crippen LogP contribution is -2.50. The second-order valence-corrected chi connectivity index (χ2v) is 23.6. The number of hydrogen-bond donors (Lipinski definition) is 6. The number of allylic oxidation sites excluding steroid dienone is 5. The fourth-order valence-corrected chi connectivity index (χ4v) is 15.4. The van der Waals surface area contributed by atoms with Gasteiger partial charge in [-0.05, 0) is 165 Å². The molecule has 1 spiro atoms. The van der Waals surface area contributed by atoms with Crippen LogP contribution in [-0.2, 0) is 27.9 Å². The van der Waals surface area contributed by atoms with Crippen molar-refractivity contribution >= 4 is 11.7 Å². The summed E-state index contributed by atoms with van der Waals surface area (Å²) < 4.78 is 13.2. The number of benzene rings is 3. The number of Topliss-reactive ketones (excluding diaryl/α,β-unsaturated/α-hetero) is 1. The van der Waals surface area contributed by atoms with Crippen LogP contribution in [0.5, 0.6) is 17.2 Å². The molecule has 8 bridgehead atoms. The van der Waals surface area contributed by atoms with E-state index in [0.717, 1.165) is 105 Å². The first-order chi connectivity index (χ1) is 36.0. The quantitative estimate of drug-likeness (QED) is 0.0856. The number of methoxy groups -OCH3 is 1. The number of phenols is 2. The number of guanidine groups is 1. The Bertz CT molecular complexity index is 2850. The van der Waals surface area contributed by atoms with Crippen molar-refractivity contribution in [2.24, 2.45) is 45.7 Å². The van der Waals surface area contributed by atoms with E-state index in [-0.39, 0.29) is 90.1 Å². The number of ketones is 1. The van der Waals surface area contributed by atoms with Gasteiger partial charge >= 0.3 is 0 Å². The van der Waals surface area contributed by atoms with Gasteiger partial charge in [0.1, 0.15) is 5.75 Å². The van der Waals surface area contributed by atoms with Crippen LogP contribution in [0.1, 0.15) is 160 Å². The van der Waals surface area contributed by atoms with Crippen LogP contribution in [-0.4, -0.2) is 71.2 Å². The summed E-state index contributed by atoms with van der Waals surface area (Å²) in [5, 5.41) is 50.1. The third-order valence-corrected chi connectivity index (χ3v) is 18.8. The highest BCUT2D eigenvalue weighted by atomic mass is 16.5. The van der Waals surface area contributed by atoms with E-state index in [1.807, 2.05) is 36.4 Å². The molecule has 7 N–H and O–H groups in total. The monoisotopic (exact) mass is 1000 g/mol. The Morgan fingerprint density at radius 1 is 0.959 bits per heavy atom. The minimum Gasteiger partial charge on any atom is -0.508 e. The number of aliphatic imine (C=N–C) groups is 1. The van der Waals surface area contributed by atoms with Gasteiger partial charge in [0.05, 0.1) is 37.5 Å². The van der Waals surface area contributed by atoms with Gasteiger partial charge in [-0.1, -0.05) is 104 Å². The lowest BCUT2D eigenvalue weighted by Gasteiger charge is -2.49. The smallest absolute Gasteiger partial charge is 0.189 e. The molecule has 3 aromatic rings. The maximum absolute atomic E-state index is 14.7. The molecule has 3 fully saturated rings. The molecule has 9 atom stereocenters. The van der Waals surface area contributed by atoms with Crippen LogP contribution < -0.4 is 15.8 Å². The summed E-state index contributed by atoms with van der Waals surface area (Å²) in [6, 6.07) is 16.8. The summed E-state index contributed by atoms with van der Waals surface area (Å²) in [6.45, 7) is 2.43. The number of nitrogens with one attached hydrogen (secondary N) is 1. The molecule has 390 valence electrons. The summed E-state index contributed by atoms with van der Waals surface area (Å²) >= 11 is 0. The predicted molar refractivity (Wildman–Crippen MR) is 290 cm³/mol. The van der Waals surface area contributed by atoms with Crippen LogP contribution in [0.15, 0.2) is 101 Å². The van der Waals surface area contributed by atoms with Crippen molar-refractivity contribution < 1.29 is 34.7 Å². The molecule has 11 rings (SSSR count). The molecule has 0 saturated heterocycles. The highest BCUT2D eigenvalue weighted by molar-refractivity contribution is 5.99. The van der Waals surface area contributed by atoms with E-state index in [2.05, 4.69) is 66.6 Å². The van der Waals surface area contributed by atoms with E-state index in [9.17, 15) is 25.2 Å². The second-order valence-electron chi connectivity index (χ2n) is 23.6. The first-order valence-electron chi connectivity index (χ1n) is 28.1.